The average molecular weight is 234 g/mol. The predicted molar refractivity (Wildman–Crippen MR) is 28.5 cm³/mol. The third-order valence-electron chi connectivity index (χ3n) is 0.288. The van der Waals surface area contributed by atoms with Crippen LogP contribution in [0.4, 0.5) is 0 Å². The van der Waals surface area contributed by atoms with E-state index in [4.69, 9.17) is 0 Å². The van der Waals surface area contributed by atoms with Crippen molar-refractivity contribution in [3.63, 3.8) is 0 Å². The van der Waals surface area contributed by atoms with Gasteiger partial charge in [-0.1, -0.05) is 0 Å². The van der Waals surface area contributed by atoms with E-state index in [1.165, 1.54) is 0 Å². The van der Waals surface area contributed by atoms with Gasteiger partial charge in [0.15, 0.2) is 0 Å². The van der Waals surface area contributed by atoms with Crippen molar-refractivity contribution >= 4 is 4.78 Å². The van der Waals surface area contributed by atoms with Crippen LogP contribution in [0.15, 0.2) is 0 Å². The summed E-state index contributed by atoms with van der Waals surface area (Å²) < 4.78 is 13.8. The molecule has 0 aliphatic heterocycles. The van der Waals surface area contributed by atoms with E-state index in [0.29, 0.717) is 0 Å². The molecule has 0 aromatic carbocycles. The molecule has 0 aliphatic carbocycles. The van der Waals surface area contributed by atoms with Crippen molar-refractivity contribution in [2.24, 2.45) is 0 Å². The molecular weight excluding hydrogens is 224 g/mol. The van der Waals surface area contributed by atoms with Gasteiger partial charge in [0, 0.05) is 0 Å². The summed E-state index contributed by atoms with van der Waals surface area (Å²) in [4.78, 5) is -1.67. The second kappa shape index (κ2) is 3.05. The van der Waals surface area contributed by atoms with E-state index < -0.39 is 4.78 Å². The standard InChI is InChI=1S/C3H10INOP/c1-5-4-7(2,3)6/h5H,1-3H3/q-1. The quantitative estimate of drug-likeness (QED) is 0.332. The second-order valence-corrected chi connectivity index (χ2v) is 13.6. The molecule has 7 heavy (non-hydrogen) atoms. The molecule has 1 N–H and O–H groups in total. The average Bonchev–Trinajstić information content (AvgIpc) is 1.30. The zero-order chi connectivity index (χ0) is 5.91. The Morgan fingerprint density at radius 1 is 1.57 bits per heavy atom. The fraction of sp³-hybridized carbons (Fsp3) is 1.00. The summed E-state index contributed by atoms with van der Waals surface area (Å²) in [5, 5.41) is 0. The van der Waals surface area contributed by atoms with Crippen LogP contribution in [0.3, 0.4) is 0 Å². The Morgan fingerprint density at radius 3 is 2.00 bits per heavy atom. The summed E-state index contributed by atoms with van der Waals surface area (Å²) in [6.07, 6.45) is 0. The first-order valence-electron chi connectivity index (χ1n) is 1.94. The topological polar surface area (TPSA) is 29.1 Å². The molecular formula is C3H10INOP-. The van der Waals surface area contributed by atoms with E-state index in [1.807, 2.05) is 20.4 Å². The van der Waals surface area contributed by atoms with Gasteiger partial charge in [-0.3, -0.25) is 0 Å². The van der Waals surface area contributed by atoms with Crippen LogP contribution in [0.2, 0.25) is 0 Å². The Hall–Kier alpha value is 0.920. The van der Waals surface area contributed by atoms with Gasteiger partial charge in [-0.05, 0) is 0 Å². The van der Waals surface area contributed by atoms with Crippen LogP contribution in [0.25, 0.3) is 0 Å². The van der Waals surface area contributed by atoms with E-state index in [2.05, 4.69) is 3.53 Å². The molecule has 0 radical (unpaired) electrons. The normalized spacial score (nSPS) is 12.4. The van der Waals surface area contributed by atoms with Gasteiger partial charge in [-0.2, -0.15) is 0 Å². The van der Waals surface area contributed by atoms with Crippen LogP contribution in [0.1, 0.15) is 0 Å². The van der Waals surface area contributed by atoms with Crippen LogP contribution < -0.4 is 24.5 Å². The van der Waals surface area contributed by atoms with Crippen LogP contribution >= 0.6 is 4.78 Å². The first-order valence-corrected chi connectivity index (χ1v) is 8.40. The molecule has 0 unspecified atom stereocenters. The number of halogens is 1. The molecule has 0 amide bonds. The molecule has 0 saturated heterocycles. The Kier molecular flexibility index (Phi) is 3.45. The number of rotatable bonds is 2. The summed E-state index contributed by atoms with van der Waals surface area (Å²) in [7, 11) is 1.85. The number of hydrogen-bond donors (Lipinski definition) is 1. The van der Waals surface area contributed by atoms with Gasteiger partial charge in [0.1, 0.15) is 0 Å². The van der Waals surface area contributed by atoms with Gasteiger partial charge < -0.3 is 0 Å². The molecule has 0 aliphatic rings. The number of nitrogens with one attached hydrogen (secondary N) is 1. The van der Waals surface area contributed by atoms with Crippen molar-refractivity contribution < 1.29 is 25.5 Å². The van der Waals surface area contributed by atoms with Gasteiger partial charge in [-0.15, -0.1) is 0 Å². The van der Waals surface area contributed by atoms with Gasteiger partial charge >= 0.3 is 54.2 Å². The summed E-state index contributed by atoms with van der Waals surface area (Å²) in [6.45, 7) is 3.63. The first-order chi connectivity index (χ1) is 3.06. The maximum absolute atomic E-state index is 10.8. The third-order valence-corrected chi connectivity index (χ3v) is 5.80. The zero-order valence-electron chi connectivity index (χ0n) is 4.73. The van der Waals surface area contributed by atoms with Crippen LogP contribution in [-0.4, -0.2) is 20.4 Å². The molecule has 0 aromatic heterocycles. The Labute approximate surface area is 54.4 Å². The molecule has 0 bridgehead atoms. The van der Waals surface area contributed by atoms with Crippen molar-refractivity contribution in [1.82, 2.24) is 3.53 Å². The van der Waals surface area contributed by atoms with Crippen molar-refractivity contribution in [1.29, 1.82) is 0 Å². The minimum atomic E-state index is -1.67. The summed E-state index contributed by atoms with van der Waals surface area (Å²) in [5.41, 5.74) is 0. The number of hydrogen-bond acceptors (Lipinski definition) is 2. The zero-order valence-corrected chi connectivity index (χ0v) is 7.79. The van der Waals surface area contributed by atoms with Crippen molar-refractivity contribution in [2.75, 3.05) is 20.4 Å². The fourth-order valence-electron chi connectivity index (χ4n) is 0.204. The van der Waals surface area contributed by atoms with E-state index >= 15 is 0 Å². The minimum absolute atomic E-state index is 0.210. The van der Waals surface area contributed by atoms with E-state index in [9.17, 15) is 4.57 Å². The molecule has 4 heteroatoms. The molecule has 0 atom stereocenters. The van der Waals surface area contributed by atoms with Gasteiger partial charge in [0.25, 0.3) is 0 Å². The van der Waals surface area contributed by atoms with E-state index in [0.717, 1.165) is 0 Å². The summed E-state index contributed by atoms with van der Waals surface area (Å²) in [5.74, 6) is 0. The summed E-state index contributed by atoms with van der Waals surface area (Å²) >= 11 is -0.210. The van der Waals surface area contributed by atoms with Crippen molar-refractivity contribution in [3.8, 4) is 0 Å². The predicted octanol–water partition coefficient (Wildman–Crippen LogP) is -2.25. The first kappa shape index (κ1) is 7.92. The van der Waals surface area contributed by atoms with Crippen LogP contribution in [-0.2, 0) is 4.57 Å². The molecule has 2 nitrogen and oxygen atoms in total. The molecule has 0 fully saturated rings. The third kappa shape index (κ3) is 6.92. The van der Waals surface area contributed by atoms with Gasteiger partial charge in [0.2, 0.25) is 0 Å². The molecule has 0 spiro atoms. The molecule has 0 aromatic rings. The van der Waals surface area contributed by atoms with Crippen molar-refractivity contribution in [2.45, 2.75) is 0 Å². The van der Waals surface area contributed by atoms with Crippen molar-refractivity contribution in [3.05, 3.63) is 0 Å². The molecule has 0 heterocycles. The second-order valence-electron chi connectivity index (χ2n) is 1.49. The molecule has 46 valence electrons. The van der Waals surface area contributed by atoms with E-state index in [1.54, 1.807) is 0 Å². The Balaban J connectivity index is 3.36. The summed E-state index contributed by atoms with van der Waals surface area (Å²) in [6, 6.07) is 0. The van der Waals surface area contributed by atoms with Crippen LogP contribution in [0, 0.1) is 0 Å². The van der Waals surface area contributed by atoms with E-state index in [-0.39, 0.29) is 20.9 Å². The van der Waals surface area contributed by atoms with Crippen LogP contribution in [0.5, 0.6) is 0 Å². The fourth-order valence-corrected chi connectivity index (χ4v) is 4.10. The van der Waals surface area contributed by atoms with Gasteiger partial charge in [0.05, 0.1) is 0 Å². The molecule has 0 rings (SSSR count). The SMILES string of the molecule is CN[I-]P(C)(C)=O. The molecule has 0 saturated carbocycles. The Morgan fingerprint density at radius 2 is 2.00 bits per heavy atom. The van der Waals surface area contributed by atoms with Gasteiger partial charge in [-0.25, -0.2) is 0 Å². The Bertz CT molecular complexity index is 88.9. The maximum atomic E-state index is 10.8. The monoisotopic (exact) mass is 234 g/mol.